The maximum atomic E-state index is 5.54. The number of hydrogen-bond donors (Lipinski definition) is 0. The quantitative estimate of drug-likeness (QED) is 0.672. The van der Waals surface area contributed by atoms with E-state index in [1.54, 1.807) is 18.4 Å². The van der Waals surface area contributed by atoms with E-state index in [2.05, 4.69) is 5.16 Å². The third kappa shape index (κ3) is 1.23. The molecule has 0 aliphatic carbocycles. The molecule has 0 bridgehead atoms. The topological polar surface area (TPSA) is 39.2 Å². The average molecular weight is 184 g/mol. The second-order valence-electron chi connectivity index (χ2n) is 2.29. The molecule has 0 unspecified atom stereocenters. The van der Waals surface area contributed by atoms with E-state index in [1.165, 1.54) is 0 Å². The lowest BCUT2D eigenvalue weighted by molar-refractivity contribution is 0.394. The van der Waals surface area contributed by atoms with Crippen LogP contribution in [0, 0.1) is 0 Å². The second-order valence-corrected chi connectivity index (χ2v) is 2.56. The molecule has 2 heterocycles. The molecule has 62 valence electrons. The van der Waals surface area contributed by atoms with Gasteiger partial charge in [0, 0.05) is 6.07 Å². The molecule has 12 heavy (non-hydrogen) atoms. The highest BCUT2D eigenvalue weighted by molar-refractivity contribution is 6.16. The molecule has 4 heteroatoms. The van der Waals surface area contributed by atoms with Gasteiger partial charge < -0.3 is 8.94 Å². The molecule has 0 aliphatic rings. The van der Waals surface area contributed by atoms with Crippen molar-refractivity contribution in [2.45, 2.75) is 5.88 Å². The minimum absolute atomic E-state index is 0.327. The van der Waals surface area contributed by atoms with Crippen LogP contribution in [-0.4, -0.2) is 5.16 Å². The van der Waals surface area contributed by atoms with Crippen LogP contribution in [0.25, 0.3) is 11.5 Å². The summed E-state index contributed by atoms with van der Waals surface area (Å²) >= 11 is 5.54. The first-order chi connectivity index (χ1) is 5.90. The van der Waals surface area contributed by atoms with E-state index in [9.17, 15) is 0 Å². The van der Waals surface area contributed by atoms with Crippen molar-refractivity contribution in [3.8, 4) is 11.5 Å². The fourth-order valence-corrected chi connectivity index (χ4v) is 1.04. The largest absolute Gasteiger partial charge is 0.463 e. The van der Waals surface area contributed by atoms with Crippen molar-refractivity contribution in [1.29, 1.82) is 0 Å². The average Bonchev–Trinajstić information content (AvgIpc) is 2.75. The van der Waals surface area contributed by atoms with Crippen LogP contribution < -0.4 is 0 Å². The maximum absolute atomic E-state index is 5.54. The summed E-state index contributed by atoms with van der Waals surface area (Å²) in [5, 5.41) is 3.78. The Bertz CT molecular complexity index is 353. The van der Waals surface area contributed by atoms with E-state index < -0.39 is 0 Å². The first-order valence-electron chi connectivity index (χ1n) is 3.45. The summed E-state index contributed by atoms with van der Waals surface area (Å²) in [6.07, 6.45) is 1.59. The number of alkyl halides is 1. The lowest BCUT2D eigenvalue weighted by atomic mass is 10.3. The zero-order chi connectivity index (χ0) is 8.39. The predicted molar refractivity (Wildman–Crippen MR) is 43.8 cm³/mol. The van der Waals surface area contributed by atoms with E-state index in [1.807, 2.05) is 6.07 Å². The van der Waals surface area contributed by atoms with Crippen molar-refractivity contribution in [1.82, 2.24) is 5.16 Å². The summed E-state index contributed by atoms with van der Waals surface area (Å²) in [5.41, 5.74) is 0.677. The number of rotatable bonds is 2. The molecule has 0 radical (unpaired) electrons. The maximum Gasteiger partial charge on any atom is 0.155 e. The zero-order valence-electron chi connectivity index (χ0n) is 6.16. The highest BCUT2D eigenvalue weighted by Crippen LogP contribution is 2.19. The van der Waals surface area contributed by atoms with Gasteiger partial charge in [0.15, 0.2) is 11.5 Å². The second kappa shape index (κ2) is 3.03. The standard InChI is InChI=1S/C8H6ClNO2/c9-5-6-4-7(10-12-6)8-2-1-3-11-8/h1-4H,5H2. The van der Waals surface area contributed by atoms with Gasteiger partial charge in [-0.3, -0.25) is 0 Å². The Labute approximate surface area is 73.9 Å². The van der Waals surface area contributed by atoms with Crippen LogP contribution in [0.5, 0.6) is 0 Å². The molecule has 2 aromatic heterocycles. The molecule has 0 spiro atoms. The Morgan fingerprint density at radius 1 is 1.50 bits per heavy atom. The molecule has 0 saturated heterocycles. The zero-order valence-corrected chi connectivity index (χ0v) is 6.91. The van der Waals surface area contributed by atoms with Crippen LogP contribution in [-0.2, 0) is 5.88 Å². The Morgan fingerprint density at radius 2 is 2.42 bits per heavy atom. The van der Waals surface area contributed by atoms with Gasteiger partial charge in [0.1, 0.15) is 5.69 Å². The summed E-state index contributed by atoms with van der Waals surface area (Å²) in [4.78, 5) is 0. The van der Waals surface area contributed by atoms with Crippen LogP contribution in [0.1, 0.15) is 5.76 Å². The highest BCUT2D eigenvalue weighted by atomic mass is 35.5. The van der Waals surface area contributed by atoms with E-state index in [-0.39, 0.29) is 0 Å². The summed E-state index contributed by atoms with van der Waals surface area (Å²) in [7, 11) is 0. The molecular formula is C8H6ClNO2. The van der Waals surface area contributed by atoms with Gasteiger partial charge in [-0.15, -0.1) is 11.6 Å². The van der Waals surface area contributed by atoms with Crippen molar-refractivity contribution in [2.75, 3.05) is 0 Å². The van der Waals surface area contributed by atoms with Gasteiger partial charge in [-0.2, -0.15) is 0 Å². The number of aromatic nitrogens is 1. The van der Waals surface area contributed by atoms with Gasteiger partial charge in [0.05, 0.1) is 12.1 Å². The van der Waals surface area contributed by atoms with Crippen molar-refractivity contribution in [2.24, 2.45) is 0 Å². The van der Waals surface area contributed by atoms with E-state index >= 15 is 0 Å². The summed E-state index contributed by atoms with van der Waals surface area (Å²) < 4.78 is 10.0. The Balaban J connectivity index is 2.35. The minimum atomic E-state index is 0.327. The van der Waals surface area contributed by atoms with Gasteiger partial charge in [0.25, 0.3) is 0 Å². The molecule has 0 amide bonds. The fraction of sp³-hybridized carbons (Fsp3) is 0.125. The van der Waals surface area contributed by atoms with E-state index in [4.69, 9.17) is 20.5 Å². The molecule has 0 fully saturated rings. The first-order valence-corrected chi connectivity index (χ1v) is 3.99. The highest BCUT2D eigenvalue weighted by Gasteiger charge is 2.06. The molecule has 3 nitrogen and oxygen atoms in total. The van der Waals surface area contributed by atoms with Crippen molar-refractivity contribution in [3.63, 3.8) is 0 Å². The Hall–Kier alpha value is -1.22. The van der Waals surface area contributed by atoms with Gasteiger partial charge in [-0.25, -0.2) is 0 Å². The van der Waals surface area contributed by atoms with Crippen LogP contribution in [0.2, 0.25) is 0 Å². The van der Waals surface area contributed by atoms with E-state index in [0.717, 1.165) is 0 Å². The molecule has 0 N–H and O–H groups in total. The van der Waals surface area contributed by atoms with Crippen molar-refractivity contribution < 1.29 is 8.94 Å². The molecule has 0 atom stereocenters. The summed E-state index contributed by atoms with van der Waals surface area (Å²) in [5.74, 6) is 1.66. The molecule has 2 aromatic rings. The third-order valence-electron chi connectivity index (χ3n) is 1.46. The van der Waals surface area contributed by atoms with Gasteiger partial charge in [0.2, 0.25) is 0 Å². The Kier molecular flexibility index (Phi) is 1.87. The van der Waals surface area contributed by atoms with Gasteiger partial charge in [-0.05, 0) is 12.1 Å². The lowest BCUT2D eigenvalue weighted by Crippen LogP contribution is -1.68. The molecule has 0 saturated carbocycles. The Morgan fingerprint density at radius 3 is 3.00 bits per heavy atom. The normalized spacial score (nSPS) is 10.4. The van der Waals surface area contributed by atoms with Crippen LogP contribution in [0.15, 0.2) is 33.4 Å². The monoisotopic (exact) mass is 183 g/mol. The number of hydrogen-bond acceptors (Lipinski definition) is 3. The molecular weight excluding hydrogens is 178 g/mol. The molecule has 0 aliphatic heterocycles. The van der Waals surface area contributed by atoms with Crippen LogP contribution >= 0.6 is 11.6 Å². The van der Waals surface area contributed by atoms with Crippen LogP contribution in [0.4, 0.5) is 0 Å². The molecule has 2 rings (SSSR count). The number of furan rings is 1. The smallest absolute Gasteiger partial charge is 0.155 e. The SMILES string of the molecule is ClCc1cc(-c2ccco2)no1. The predicted octanol–water partition coefficient (Wildman–Crippen LogP) is 2.67. The van der Waals surface area contributed by atoms with E-state index in [0.29, 0.717) is 23.1 Å². The first kappa shape index (κ1) is 7.43. The minimum Gasteiger partial charge on any atom is -0.463 e. The van der Waals surface area contributed by atoms with Crippen molar-refractivity contribution in [3.05, 3.63) is 30.2 Å². The third-order valence-corrected chi connectivity index (χ3v) is 1.73. The van der Waals surface area contributed by atoms with Gasteiger partial charge in [-0.1, -0.05) is 5.16 Å². The fourth-order valence-electron chi connectivity index (χ4n) is 0.916. The van der Waals surface area contributed by atoms with Crippen LogP contribution in [0.3, 0.4) is 0 Å². The summed E-state index contributed by atoms with van der Waals surface area (Å²) in [6.45, 7) is 0. The number of nitrogens with zero attached hydrogens (tertiary/aromatic N) is 1. The molecule has 0 aromatic carbocycles. The number of halogens is 1. The van der Waals surface area contributed by atoms with Crippen molar-refractivity contribution >= 4 is 11.6 Å². The summed E-state index contributed by atoms with van der Waals surface area (Å²) in [6, 6.07) is 5.37. The lowest BCUT2D eigenvalue weighted by Gasteiger charge is -1.82. The van der Waals surface area contributed by atoms with Gasteiger partial charge >= 0.3 is 0 Å².